The molecular formula is C7H9F3N2O4S2. The second kappa shape index (κ2) is 5.26. The number of thiol groups is 1. The molecule has 0 atom stereocenters. The summed E-state index contributed by atoms with van der Waals surface area (Å²) in [6, 6.07) is -0.535. The summed E-state index contributed by atoms with van der Waals surface area (Å²) in [6.07, 6.45) is 0.965. The van der Waals surface area contributed by atoms with Gasteiger partial charge >= 0.3 is 21.7 Å². The third-order valence-corrected chi connectivity index (χ3v) is 3.24. The highest BCUT2D eigenvalue weighted by Crippen LogP contribution is 2.28. The molecule has 0 bridgehead atoms. The quantitative estimate of drug-likeness (QED) is 0.453. The highest BCUT2D eigenvalue weighted by molar-refractivity contribution is 7.87. The molecule has 18 heavy (non-hydrogen) atoms. The lowest BCUT2D eigenvalue weighted by molar-refractivity contribution is -0.0524. The standard InChI is InChI=1S/C7H9F3N2O4S2/c8-7(9,10)18(14,15)16-5-1-3-12(4-2-5)6(13)11-17/h1,17H,2-4H2,(H,11,13). The van der Waals surface area contributed by atoms with E-state index in [2.05, 4.69) is 17.0 Å². The number of carbonyl (C=O) groups excluding carboxylic acids is 1. The molecule has 1 aliphatic heterocycles. The first kappa shape index (κ1) is 15.0. The highest BCUT2D eigenvalue weighted by Gasteiger charge is 2.48. The smallest absolute Gasteiger partial charge is 0.381 e. The zero-order valence-corrected chi connectivity index (χ0v) is 10.5. The van der Waals surface area contributed by atoms with Crippen molar-refractivity contribution in [3.8, 4) is 0 Å². The lowest BCUT2D eigenvalue weighted by Crippen LogP contribution is -2.39. The first-order valence-electron chi connectivity index (χ1n) is 4.56. The number of nitrogens with zero attached hydrogens (tertiary/aromatic N) is 1. The first-order valence-corrected chi connectivity index (χ1v) is 6.41. The average molecular weight is 306 g/mol. The molecular weight excluding hydrogens is 297 g/mol. The van der Waals surface area contributed by atoms with E-state index >= 15 is 0 Å². The number of nitrogens with one attached hydrogen (secondary N) is 1. The summed E-state index contributed by atoms with van der Waals surface area (Å²) in [5, 5.41) is 0. The van der Waals surface area contributed by atoms with Crippen molar-refractivity contribution in [1.29, 1.82) is 0 Å². The number of hydrogen-bond donors (Lipinski definition) is 2. The molecule has 0 aromatic carbocycles. The molecule has 0 aromatic heterocycles. The average Bonchev–Trinajstić information content (AvgIpc) is 2.27. The van der Waals surface area contributed by atoms with Gasteiger partial charge in [-0.2, -0.15) is 21.6 Å². The Morgan fingerprint density at radius 2 is 2.11 bits per heavy atom. The van der Waals surface area contributed by atoms with Crippen molar-refractivity contribution < 1.29 is 30.6 Å². The van der Waals surface area contributed by atoms with Crippen molar-refractivity contribution >= 4 is 29.0 Å². The molecule has 6 nitrogen and oxygen atoms in total. The maximum Gasteiger partial charge on any atom is 0.534 e. The lowest BCUT2D eigenvalue weighted by atomic mass is 10.2. The van der Waals surface area contributed by atoms with Crippen LogP contribution < -0.4 is 4.72 Å². The van der Waals surface area contributed by atoms with E-state index in [4.69, 9.17) is 0 Å². The van der Waals surface area contributed by atoms with E-state index in [1.807, 2.05) is 4.72 Å². The Morgan fingerprint density at radius 3 is 2.50 bits per heavy atom. The molecule has 104 valence electrons. The minimum Gasteiger partial charge on any atom is -0.381 e. The van der Waals surface area contributed by atoms with E-state index in [1.165, 1.54) is 4.90 Å². The molecule has 11 heteroatoms. The molecule has 0 spiro atoms. The van der Waals surface area contributed by atoms with Gasteiger partial charge in [0.15, 0.2) is 0 Å². The summed E-state index contributed by atoms with van der Waals surface area (Å²) >= 11 is 3.52. The van der Waals surface area contributed by atoms with Crippen LogP contribution in [0.4, 0.5) is 18.0 Å². The molecule has 2 amide bonds. The van der Waals surface area contributed by atoms with Gasteiger partial charge in [0, 0.05) is 19.5 Å². The summed E-state index contributed by atoms with van der Waals surface area (Å²) in [4.78, 5) is 12.3. The molecule has 0 aromatic rings. The third-order valence-electron chi connectivity index (χ3n) is 2.05. The number of amides is 2. The number of urea groups is 1. The van der Waals surface area contributed by atoms with E-state index in [0.29, 0.717) is 0 Å². The summed E-state index contributed by atoms with van der Waals surface area (Å²) in [5.41, 5.74) is -5.46. The maximum absolute atomic E-state index is 12.0. The van der Waals surface area contributed by atoms with Gasteiger partial charge in [0.1, 0.15) is 5.76 Å². The first-order chi connectivity index (χ1) is 8.17. The normalized spacial score (nSPS) is 17.1. The molecule has 0 unspecified atom stereocenters. The van der Waals surface area contributed by atoms with Crippen LogP contribution in [-0.2, 0) is 14.3 Å². The van der Waals surface area contributed by atoms with Crippen LogP contribution in [0.5, 0.6) is 0 Å². The summed E-state index contributed by atoms with van der Waals surface area (Å²) in [7, 11) is -5.64. The Bertz CT molecular complexity index is 460. The van der Waals surface area contributed by atoms with E-state index < -0.39 is 21.7 Å². The fourth-order valence-electron chi connectivity index (χ4n) is 1.17. The Morgan fingerprint density at radius 1 is 1.50 bits per heavy atom. The number of carbonyl (C=O) groups is 1. The zero-order valence-electron chi connectivity index (χ0n) is 8.77. The molecule has 0 radical (unpaired) electrons. The number of alkyl halides is 3. The monoisotopic (exact) mass is 306 g/mol. The summed E-state index contributed by atoms with van der Waals surface area (Å²) in [6.45, 7) is -0.0271. The Balaban J connectivity index is 2.68. The second-order valence-electron chi connectivity index (χ2n) is 3.27. The number of halogens is 3. The third kappa shape index (κ3) is 3.45. The van der Waals surface area contributed by atoms with Crippen molar-refractivity contribution in [2.75, 3.05) is 13.1 Å². The number of hydrogen-bond acceptors (Lipinski definition) is 5. The summed E-state index contributed by atoms with van der Waals surface area (Å²) in [5.74, 6) is -0.337. The predicted molar refractivity (Wildman–Crippen MR) is 57.9 cm³/mol. The minimum absolute atomic E-state index is 0.0333. The van der Waals surface area contributed by atoms with Gasteiger partial charge in [-0.1, -0.05) is 12.8 Å². The molecule has 0 saturated carbocycles. The Hall–Kier alpha value is -1.10. The Kier molecular flexibility index (Phi) is 4.37. The minimum atomic E-state index is -5.64. The van der Waals surface area contributed by atoms with Gasteiger partial charge in [-0.15, -0.1) is 0 Å². The molecule has 1 heterocycles. The van der Waals surface area contributed by atoms with Gasteiger partial charge < -0.3 is 9.08 Å². The van der Waals surface area contributed by atoms with Crippen molar-refractivity contribution in [3.63, 3.8) is 0 Å². The van der Waals surface area contributed by atoms with Crippen LogP contribution in [0.1, 0.15) is 6.42 Å². The molecule has 0 aliphatic carbocycles. The van der Waals surface area contributed by atoms with Gasteiger partial charge in [-0.3, -0.25) is 4.72 Å². The molecule has 0 fully saturated rings. The van der Waals surface area contributed by atoms with Crippen LogP contribution in [-0.4, -0.2) is 37.9 Å². The van der Waals surface area contributed by atoms with Crippen LogP contribution >= 0.6 is 12.8 Å². The predicted octanol–water partition coefficient (Wildman–Crippen LogP) is 0.997. The summed E-state index contributed by atoms with van der Waals surface area (Å²) < 4.78 is 63.4. The van der Waals surface area contributed by atoms with Crippen LogP contribution in [0.25, 0.3) is 0 Å². The largest absolute Gasteiger partial charge is 0.534 e. The van der Waals surface area contributed by atoms with Crippen LogP contribution in [0.2, 0.25) is 0 Å². The zero-order chi connectivity index (χ0) is 14.0. The lowest BCUT2D eigenvalue weighted by Gasteiger charge is -2.25. The molecule has 1 aliphatic rings. The van der Waals surface area contributed by atoms with Crippen molar-refractivity contribution in [1.82, 2.24) is 9.62 Å². The fraction of sp³-hybridized carbons (Fsp3) is 0.571. The van der Waals surface area contributed by atoms with E-state index in [-0.39, 0.29) is 25.3 Å². The van der Waals surface area contributed by atoms with Gasteiger partial charge in [0.2, 0.25) is 0 Å². The van der Waals surface area contributed by atoms with Gasteiger partial charge in [0.05, 0.1) is 0 Å². The van der Waals surface area contributed by atoms with Crippen LogP contribution in [0.15, 0.2) is 11.8 Å². The maximum atomic E-state index is 12.0. The van der Waals surface area contributed by atoms with Gasteiger partial charge in [-0.05, 0) is 6.08 Å². The van der Waals surface area contributed by atoms with E-state index in [1.54, 1.807) is 0 Å². The second-order valence-corrected chi connectivity index (χ2v) is 5.03. The van der Waals surface area contributed by atoms with Crippen LogP contribution in [0.3, 0.4) is 0 Å². The van der Waals surface area contributed by atoms with Crippen molar-refractivity contribution in [2.24, 2.45) is 0 Å². The Labute approximate surface area is 106 Å². The number of rotatable bonds is 2. The van der Waals surface area contributed by atoms with Gasteiger partial charge in [0.25, 0.3) is 0 Å². The topological polar surface area (TPSA) is 75.7 Å². The van der Waals surface area contributed by atoms with E-state index in [9.17, 15) is 26.4 Å². The van der Waals surface area contributed by atoms with Crippen molar-refractivity contribution in [2.45, 2.75) is 11.9 Å². The molecule has 0 saturated heterocycles. The molecule has 1 rings (SSSR count). The van der Waals surface area contributed by atoms with Crippen LogP contribution in [0, 0.1) is 0 Å². The SMILES string of the molecule is O=C(NS)N1CC=C(OS(=O)(=O)C(F)(F)F)CC1. The highest BCUT2D eigenvalue weighted by atomic mass is 32.2. The van der Waals surface area contributed by atoms with Crippen molar-refractivity contribution in [3.05, 3.63) is 11.8 Å². The van der Waals surface area contributed by atoms with E-state index in [0.717, 1.165) is 6.08 Å². The fourth-order valence-corrected chi connectivity index (χ4v) is 1.84. The molecule has 1 N–H and O–H groups in total. The van der Waals surface area contributed by atoms with Gasteiger partial charge in [-0.25, -0.2) is 4.79 Å².